The maximum atomic E-state index is 13.1. The molecule has 19 heteroatoms. The van der Waals surface area contributed by atoms with Crippen molar-refractivity contribution in [2.75, 3.05) is 39.6 Å². The Hall–Kier alpha value is -1.94. The van der Waals surface area contributed by atoms with E-state index in [0.717, 1.165) is 108 Å². The van der Waals surface area contributed by atoms with Gasteiger partial charge in [0.25, 0.3) is 0 Å². The van der Waals surface area contributed by atoms with Crippen molar-refractivity contribution in [1.29, 1.82) is 0 Å². The zero-order chi connectivity index (χ0) is 69.3. The van der Waals surface area contributed by atoms with Crippen LogP contribution in [0.3, 0.4) is 0 Å². The molecule has 0 spiro atoms. The lowest BCUT2D eigenvalue weighted by molar-refractivity contribution is -0.161. The Labute approximate surface area is 575 Å². The number of carbonyl (C=O) groups is 4. The largest absolute Gasteiger partial charge is 0.472 e. The maximum absolute atomic E-state index is 13.1. The molecule has 0 saturated heterocycles. The Bertz CT molecular complexity index is 1820. The molecule has 0 aliphatic heterocycles. The fourth-order valence-electron chi connectivity index (χ4n) is 11.4. The van der Waals surface area contributed by atoms with E-state index in [2.05, 4.69) is 41.5 Å². The number of hydrogen-bond acceptors (Lipinski definition) is 15. The first-order chi connectivity index (χ1) is 45.4. The van der Waals surface area contributed by atoms with Gasteiger partial charge in [-0.2, -0.15) is 0 Å². The monoisotopic (exact) mass is 1380 g/mol. The first-order valence-electron chi connectivity index (χ1n) is 39.0. The third-order valence-electron chi connectivity index (χ3n) is 17.8. The van der Waals surface area contributed by atoms with Gasteiger partial charge in [0.2, 0.25) is 0 Å². The molecule has 0 radical (unpaired) electrons. The minimum absolute atomic E-state index is 0.105. The van der Waals surface area contributed by atoms with Crippen LogP contribution in [0.1, 0.15) is 388 Å². The summed E-state index contributed by atoms with van der Waals surface area (Å²) in [6, 6.07) is 0. The van der Waals surface area contributed by atoms with Crippen LogP contribution < -0.4 is 0 Å². The third-order valence-corrected chi connectivity index (χ3v) is 19.7. The number of hydrogen-bond donors (Lipinski definition) is 3. The number of rotatable bonds is 74. The van der Waals surface area contributed by atoms with Crippen molar-refractivity contribution < 1.29 is 80.2 Å². The van der Waals surface area contributed by atoms with Crippen molar-refractivity contribution in [1.82, 2.24) is 0 Å². The summed E-state index contributed by atoms with van der Waals surface area (Å²) in [4.78, 5) is 72.5. The number of phosphoric ester groups is 2. The van der Waals surface area contributed by atoms with Gasteiger partial charge in [0, 0.05) is 25.7 Å². The topological polar surface area (TPSA) is 237 Å². The molecule has 0 rings (SSSR count). The van der Waals surface area contributed by atoms with Crippen molar-refractivity contribution in [3.05, 3.63) is 0 Å². The highest BCUT2D eigenvalue weighted by molar-refractivity contribution is 7.47. The number of carbonyl (C=O) groups excluding carboxylic acids is 4. The van der Waals surface area contributed by atoms with E-state index in [0.29, 0.717) is 25.7 Å². The maximum Gasteiger partial charge on any atom is 0.472 e. The quantitative estimate of drug-likeness (QED) is 0.0222. The average Bonchev–Trinajstić information content (AvgIpc) is 2.74. The molecule has 558 valence electrons. The predicted octanol–water partition coefficient (Wildman–Crippen LogP) is 21.9. The molecule has 0 fully saturated rings. The van der Waals surface area contributed by atoms with Crippen LogP contribution >= 0.6 is 15.6 Å². The van der Waals surface area contributed by atoms with E-state index in [1.54, 1.807) is 0 Å². The minimum atomic E-state index is -4.95. The van der Waals surface area contributed by atoms with E-state index in [-0.39, 0.29) is 25.7 Å². The Balaban J connectivity index is 5.11. The molecule has 0 heterocycles. The lowest BCUT2D eigenvalue weighted by atomic mass is 9.99. The van der Waals surface area contributed by atoms with Gasteiger partial charge in [0.15, 0.2) is 12.2 Å². The van der Waals surface area contributed by atoms with Gasteiger partial charge in [-0.15, -0.1) is 0 Å². The molecule has 0 amide bonds. The molecule has 0 aromatic heterocycles. The van der Waals surface area contributed by atoms with Crippen molar-refractivity contribution in [3.8, 4) is 0 Å². The number of aliphatic hydroxyl groups excluding tert-OH is 1. The van der Waals surface area contributed by atoms with Gasteiger partial charge in [0.05, 0.1) is 26.4 Å². The fourth-order valence-corrected chi connectivity index (χ4v) is 13.0. The standard InChI is InChI=1S/C75H146O17P2/c1-7-10-12-14-15-16-17-18-19-20-21-22-23-24-25-26-27-28-36-41-47-53-59-75(80)92-71(64-86-73(78)58-52-46-40-35-32-30-34-39-45-50-56-68(6)9-3)66-90-94(83,84)88-62-69(76)61-87-93(81,82)89-65-70(63-85-72(77)57-51-43-13-11-8-2)91-74(79)60-54-48-42-37-31-29-33-38-44-49-55-67(4)5/h67-71,76H,7-66H2,1-6H3,(H,81,82)(H,83,84)/t68?,69-,70+,71+/m0/s1. The second kappa shape index (κ2) is 66.9. The van der Waals surface area contributed by atoms with E-state index in [9.17, 15) is 43.2 Å². The summed E-state index contributed by atoms with van der Waals surface area (Å²) in [7, 11) is -9.90. The van der Waals surface area contributed by atoms with Crippen LogP contribution in [0.4, 0.5) is 0 Å². The van der Waals surface area contributed by atoms with Gasteiger partial charge in [0.1, 0.15) is 19.3 Å². The molecule has 0 aliphatic carbocycles. The van der Waals surface area contributed by atoms with Gasteiger partial charge in [-0.1, -0.05) is 337 Å². The molecule has 6 atom stereocenters. The van der Waals surface area contributed by atoms with Gasteiger partial charge in [-0.05, 0) is 37.5 Å². The second-order valence-corrected chi connectivity index (χ2v) is 30.7. The van der Waals surface area contributed by atoms with E-state index in [1.807, 2.05) is 0 Å². The smallest absolute Gasteiger partial charge is 0.462 e. The first-order valence-corrected chi connectivity index (χ1v) is 42.0. The van der Waals surface area contributed by atoms with E-state index in [1.165, 1.54) is 199 Å². The molecule has 0 aliphatic rings. The fraction of sp³-hybridized carbons (Fsp3) is 0.947. The Morgan fingerprint density at radius 2 is 0.543 bits per heavy atom. The van der Waals surface area contributed by atoms with Gasteiger partial charge >= 0.3 is 39.5 Å². The summed E-state index contributed by atoms with van der Waals surface area (Å²) in [5.74, 6) is -0.569. The Kier molecular flexibility index (Phi) is 65.5. The number of phosphoric acid groups is 2. The van der Waals surface area contributed by atoms with Crippen LogP contribution in [-0.4, -0.2) is 96.7 Å². The average molecular weight is 1380 g/mol. The number of aliphatic hydroxyl groups is 1. The van der Waals surface area contributed by atoms with Gasteiger partial charge in [-0.25, -0.2) is 9.13 Å². The summed E-state index contributed by atoms with van der Waals surface area (Å²) < 4.78 is 68.2. The molecule has 94 heavy (non-hydrogen) atoms. The van der Waals surface area contributed by atoms with Gasteiger partial charge in [-0.3, -0.25) is 37.3 Å². The number of ether oxygens (including phenoxy) is 4. The molecule has 0 bridgehead atoms. The molecule has 3 N–H and O–H groups in total. The lowest BCUT2D eigenvalue weighted by Crippen LogP contribution is -2.30. The van der Waals surface area contributed by atoms with Crippen LogP contribution in [0.25, 0.3) is 0 Å². The number of esters is 4. The van der Waals surface area contributed by atoms with Crippen LogP contribution in [-0.2, 0) is 65.4 Å². The molecular weight excluding hydrogens is 1230 g/mol. The number of unbranched alkanes of at least 4 members (excludes halogenated alkanes) is 43. The zero-order valence-corrected chi connectivity index (χ0v) is 63.1. The molecule has 0 aromatic carbocycles. The molecular formula is C75H146O17P2. The molecule has 0 saturated carbocycles. The summed E-state index contributed by atoms with van der Waals surface area (Å²) >= 11 is 0. The van der Waals surface area contributed by atoms with E-state index < -0.39 is 97.5 Å². The molecule has 3 unspecified atom stereocenters. The third kappa shape index (κ3) is 67.3. The van der Waals surface area contributed by atoms with Crippen LogP contribution in [0.5, 0.6) is 0 Å². The van der Waals surface area contributed by atoms with Gasteiger partial charge < -0.3 is 33.8 Å². The second-order valence-electron chi connectivity index (χ2n) is 27.8. The normalized spacial score (nSPS) is 14.3. The van der Waals surface area contributed by atoms with Crippen LogP contribution in [0, 0.1) is 11.8 Å². The first kappa shape index (κ1) is 92.1. The highest BCUT2D eigenvalue weighted by Gasteiger charge is 2.30. The Morgan fingerprint density at radius 1 is 0.309 bits per heavy atom. The minimum Gasteiger partial charge on any atom is -0.462 e. The molecule has 0 aromatic rings. The van der Waals surface area contributed by atoms with E-state index in [4.69, 9.17) is 37.0 Å². The van der Waals surface area contributed by atoms with Crippen molar-refractivity contribution >= 4 is 39.5 Å². The van der Waals surface area contributed by atoms with Crippen LogP contribution in [0.2, 0.25) is 0 Å². The predicted molar refractivity (Wildman–Crippen MR) is 381 cm³/mol. The summed E-state index contributed by atoms with van der Waals surface area (Å²) in [6.45, 7) is 9.51. The zero-order valence-electron chi connectivity index (χ0n) is 61.3. The SMILES string of the molecule is CCCCCCCCCCCCCCCCCCCCCCCCC(=O)O[C@H](COC(=O)CCCCCCCCCCCCC(C)CC)COP(=O)(O)OC[C@@H](O)COP(=O)(O)OC[C@@H](COC(=O)CCCCCCC)OC(=O)CCCCCCCCCCCCC(C)C. The van der Waals surface area contributed by atoms with Crippen molar-refractivity contribution in [2.45, 2.75) is 407 Å². The highest BCUT2D eigenvalue weighted by Crippen LogP contribution is 2.45. The van der Waals surface area contributed by atoms with Crippen LogP contribution in [0.15, 0.2) is 0 Å². The summed E-state index contributed by atoms with van der Waals surface area (Å²) in [5.41, 5.74) is 0. The van der Waals surface area contributed by atoms with Crippen molar-refractivity contribution in [2.24, 2.45) is 11.8 Å². The summed E-state index contributed by atoms with van der Waals surface area (Å²) in [6.07, 6.45) is 54.6. The van der Waals surface area contributed by atoms with E-state index >= 15 is 0 Å². The lowest BCUT2D eigenvalue weighted by Gasteiger charge is -2.21. The Morgan fingerprint density at radius 3 is 0.809 bits per heavy atom. The molecule has 17 nitrogen and oxygen atoms in total. The summed E-state index contributed by atoms with van der Waals surface area (Å²) in [5, 5.41) is 10.6. The van der Waals surface area contributed by atoms with Crippen molar-refractivity contribution in [3.63, 3.8) is 0 Å². The highest BCUT2D eigenvalue weighted by atomic mass is 31.2.